The highest BCUT2D eigenvalue weighted by atomic mass is 32.2. The Morgan fingerprint density at radius 2 is 1.44 bits per heavy atom. The van der Waals surface area contributed by atoms with E-state index in [1.165, 1.54) is 12.1 Å². The van der Waals surface area contributed by atoms with Crippen LogP contribution in [0, 0.1) is 0 Å². The van der Waals surface area contributed by atoms with Crippen molar-refractivity contribution >= 4 is 15.7 Å². The molecule has 32 heavy (non-hydrogen) atoms. The number of rotatable bonds is 10. The van der Waals surface area contributed by atoms with Crippen molar-refractivity contribution in [2.45, 2.75) is 36.8 Å². The molecule has 0 spiro atoms. The first-order chi connectivity index (χ1) is 14.7. The Morgan fingerprint density at radius 3 is 1.91 bits per heavy atom. The zero-order chi connectivity index (χ0) is 24.2. The molecule has 1 N–H and O–H groups in total. The largest absolute Gasteiger partial charge is 0.487 e. The van der Waals surface area contributed by atoms with Gasteiger partial charge in [-0.3, -0.25) is 4.72 Å². The maximum absolute atomic E-state index is 13.1. The van der Waals surface area contributed by atoms with Gasteiger partial charge in [0, 0.05) is 18.2 Å². The maximum atomic E-state index is 13.1. The minimum atomic E-state index is -4.75. The molecule has 2 aromatic rings. The highest BCUT2D eigenvalue weighted by Crippen LogP contribution is 2.31. The lowest BCUT2D eigenvalue weighted by Gasteiger charge is -2.18. The predicted octanol–water partition coefficient (Wildman–Crippen LogP) is 5.27. The molecule has 0 aromatic heterocycles. The van der Waals surface area contributed by atoms with Crippen molar-refractivity contribution in [3.05, 3.63) is 48.0 Å². The molecule has 178 valence electrons. The van der Waals surface area contributed by atoms with Crippen LogP contribution in [0.5, 0.6) is 11.5 Å². The number of aryl methyl sites for hydroxylation is 1. The van der Waals surface area contributed by atoms with Gasteiger partial charge in [-0.2, -0.15) is 22.0 Å². The number of ether oxygens (including phenoxy) is 2. The lowest BCUT2D eigenvalue weighted by Crippen LogP contribution is -2.33. The molecule has 0 unspecified atom stereocenters. The van der Waals surface area contributed by atoms with E-state index in [0.717, 1.165) is 23.8 Å². The van der Waals surface area contributed by atoms with Crippen molar-refractivity contribution in [3.8, 4) is 11.5 Å². The molecule has 0 fully saturated rings. The summed E-state index contributed by atoms with van der Waals surface area (Å²) in [6.45, 7) is -1.71. The summed E-state index contributed by atoms with van der Waals surface area (Å²) in [5, 5.41) is 0. The van der Waals surface area contributed by atoms with Crippen molar-refractivity contribution in [3.63, 3.8) is 0 Å². The molecule has 13 heteroatoms. The third kappa shape index (κ3) is 7.46. The van der Waals surface area contributed by atoms with Crippen LogP contribution in [0.1, 0.15) is 12.5 Å². The van der Waals surface area contributed by atoms with Gasteiger partial charge in [-0.1, -0.05) is 19.1 Å². The minimum absolute atomic E-state index is 0.178. The Balaban J connectivity index is 2.32. The molecule has 0 bridgehead atoms. The van der Waals surface area contributed by atoms with Gasteiger partial charge in [-0.05, 0) is 24.1 Å². The number of alkyl halides is 7. The Kier molecular flexibility index (Phi) is 7.86. The SMILES string of the molecule is CCc1ccc(S(=O)(=O)Nc2cc(OCC(F)(F)F)cc(OCC(F)(F)C(F)F)c2)cc1. The van der Waals surface area contributed by atoms with E-state index in [1.54, 1.807) is 12.1 Å². The van der Waals surface area contributed by atoms with Gasteiger partial charge in [0.05, 0.1) is 10.6 Å². The lowest BCUT2D eigenvalue weighted by atomic mass is 10.2. The second kappa shape index (κ2) is 9.84. The summed E-state index contributed by atoms with van der Waals surface area (Å²) in [5.41, 5.74) is 0.460. The van der Waals surface area contributed by atoms with Gasteiger partial charge in [-0.25, -0.2) is 17.2 Å². The molecule has 0 aliphatic rings. The van der Waals surface area contributed by atoms with E-state index in [-0.39, 0.29) is 10.6 Å². The van der Waals surface area contributed by atoms with Crippen LogP contribution < -0.4 is 14.2 Å². The van der Waals surface area contributed by atoms with Crippen molar-refractivity contribution in [2.75, 3.05) is 17.9 Å². The van der Waals surface area contributed by atoms with E-state index in [1.807, 2.05) is 6.92 Å². The van der Waals surface area contributed by atoms with Crippen molar-refractivity contribution in [1.29, 1.82) is 0 Å². The van der Waals surface area contributed by atoms with Gasteiger partial charge < -0.3 is 9.47 Å². The smallest absolute Gasteiger partial charge is 0.422 e. The molecule has 0 heterocycles. The summed E-state index contributed by atoms with van der Waals surface area (Å²) in [7, 11) is -4.22. The van der Waals surface area contributed by atoms with Crippen molar-refractivity contribution < 1.29 is 48.6 Å². The van der Waals surface area contributed by atoms with E-state index >= 15 is 0 Å². The molecular weight excluding hydrogens is 471 g/mol. The summed E-state index contributed by atoms with van der Waals surface area (Å²) in [6.07, 6.45) is -8.15. The average Bonchev–Trinajstić information content (AvgIpc) is 2.70. The Bertz CT molecular complexity index is 1010. The van der Waals surface area contributed by atoms with E-state index in [4.69, 9.17) is 0 Å². The van der Waals surface area contributed by atoms with Crippen LogP contribution in [0.3, 0.4) is 0 Å². The fourth-order valence-electron chi connectivity index (χ4n) is 2.32. The standard InChI is InChI=1S/C19H18F7NO4S/c1-2-12-3-5-16(6-4-12)32(28,29)27-13-7-14(30-10-18(22,23)17(20)21)9-15(8-13)31-11-19(24,25)26/h3-9,17,27H,2,10-11H2,1H3. The lowest BCUT2D eigenvalue weighted by molar-refractivity contribution is -0.153. The third-order valence-corrected chi connectivity index (χ3v) is 5.32. The molecule has 0 saturated heterocycles. The molecule has 0 radical (unpaired) electrons. The molecular formula is C19H18F7NO4S. The first-order valence-corrected chi connectivity index (χ1v) is 10.5. The van der Waals surface area contributed by atoms with Crippen LogP contribution in [0.4, 0.5) is 36.4 Å². The second-order valence-electron chi connectivity index (χ2n) is 6.55. The second-order valence-corrected chi connectivity index (χ2v) is 8.23. The molecule has 2 aromatic carbocycles. The summed E-state index contributed by atoms with van der Waals surface area (Å²) in [6, 6.07) is 8.15. The van der Waals surface area contributed by atoms with Crippen molar-refractivity contribution in [1.82, 2.24) is 0 Å². The van der Waals surface area contributed by atoms with Crippen LogP contribution in [0.2, 0.25) is 0 Å². The van der Waals surface area contributed by atoms with Crippen LogP contribution in [0.25, 0.3) is 0 Å². The van der Waals surface area contributed by atoms with Gasteiger partial charge in [0.1, 0.15) is 11.5 Å². The van der Waals surface area contributed by atoms with Crippen molar-refractivity contribution in [2.24, 2.45) is 0 Å². The van der Waals surface area contributed by atoms with E-state index in [2.05, 4.69) is 14.2 Å². The van der Waals surface area contributed by atoms with Gasteiger partial charge in [-0.15, -0.1) is 0 Å². The summed E-state index contributed by atoms with van der Waals surface area (Å²) in [5.74, 6) is -5.73. The molecule has 0 aliphatic carbocycles. The zero-order valence-electron chi connectivity index (χ0n) is 16.4. The van der Waals surface area contributed by atoms with Gasteiger partial charge >= 0.3 is 18.5 Å². The third-order valence-electron chi connectivity index (χ3n) is 3.93. The van der Waals surface area contributed by atoms with Crippen LogP contribution >= 0.6 is 0 Å². The highest BCUT2D eigenvalue weighted by molar-refractivity contribution is 7.92. The Morgan fingerprint density at radius 1 is 0.906 bits per heavy atom. The molecule has 0 aliphatic heterocycles. The van der Waals surface area contributed by atoms with Gasteiger partial charge in [0.15, 0.2) is 13.2 Å². The Labute approximate surface area is 179 Å². The highest BCUT2D eigenvalue weighted by Gasteiger charge is 2.41. The number of halogens is 7. The first-order valence-electron chi connectivity index (χ1n) is 8.97. The number of nitrogens with one attached hydrogen (secondary N) is 1. The van der Waals surface area contributed by atoms with Crippen LogP contribution in [-0.2, 0) is 16.4 Å². The van der Waals surface area contributed by atoms with Crippen LogP contribution in [0.15, 0.2) is 47.4 Å². The van der Waals surface area contributed by atoms with E-state index in [9.17, 15) is 39.2 Å². The number of anilines is 1. The maximum Gasteiger partial charge on any atom is 0.422 e. The summed E-state index contributed by atoms with van der Waals surface area (Å²) in [4.78, 5) is -0.178. The summed E-state index contributed by atoms with van der Waals surface area (Å²) >= 11 is 0. The van der Waals surface area contributed by atoms with Gasteiger partial charge in [0.2, 0.25) is 0 Å². The van der Waals surface area contributed by atoms with Crippen LogP contribution in [-0.4, -0.2) is 40.2 Å². The molecule has 0 atom stereocenters. The summed E-state index contributed by atoms with van der Waals surface area (Å²) < 4.78 is 124. The topological polar surface area (TPSA) is 64.6 Å². The average molecular weight is 489 g/mol. The monoisotopic (exact) mass is 489 g/mol. The fourth-order valence-corrected chi connectivity index (χ4v) is 3.36. The normalized spacial score (nSPS) is 12.7. The molecule has 5 nitrogen and oxygen atoms in total. The number of benzene rings is 2. The van der Waals surface area contributed by atoms with E-state index < -0.39 is 53.3 Å². The fraction of sp³-hybridized carbons (Fsp3) is 0.368. The number of hydrogen-bond acceptors (Lipinski definition) is 4. The molecule has 2 rings (SSSR count). The van der Waals surface area contributed by atoms with Gasteiger partial charge in [0.25, 0.3) is 10.0 Å². The van der Waals surface area contributed by atoms with E-state index in [0.29, 0.717) is 6.42 Å². The zero-order valence-corrected chi connectivity index (χ0v) is 17.2. The molecule has 0 saturated carbocycles. The Hall–Kier alpha value is -2.70. The number of sulfonamides is 1. The minimum Gasteiger partial charge on any atom is -0.487 e. The predicted molar refractivity (Wildman–Crippen MR) is 101 cm³/mol. The number of hydrogen-bond donors (Lipinski definition) is 1. The first kappa shape index (κ1) is 25.6. The quantitative estimate of drug-likeness (QED) is 0.462. The molecule has 0 amide bonds.